The van der Waals surface area contributed by atoms with E-state index in [1.165, 1.54) is 11.6 Å². The van der Waals surface area contributed by atoms with Gasteiger partial charge in [0.2, 0.25) is 0 Å². The van der Waals surface area contributed by atoms with Crippen LogP contribution in [-0.2, 0) is 12.3 Å². The van der Waals surface area contributed by atoms with Crippen molar-refractivity contribution in [2.24, 2.45) is 4.99 Å². The van der Waals surface area contributed by atoms with Gasteiger partial charge in [0.25, 0.3) is 0 Å². The molecule has 0 bridgehead atoms. The van der Waals surface area contributed by atoms with E-state index in [1.807, 2.05) is 12.3 Å². The second-order valence-electron chi connectivity index (χ2n) is 5.61. The number of hydrogen-bond acceptors (Lipinski definition) is 3. The quantitative estimate of drug-likeness (QED) is 0.330. The fraction of sp³-hybridized carbons (Fsp3) is 0.389. The van der Waals surface area contributed by atoms with Gasteiger partial charge in [0.15, 0.2) is 5.96 Å². The van der Waals surface area contributed by atoms with Gasteiger partial charge < -0.3 is 10.6 Å². The first-order valence-corrected chi connectivity index (χ1v) is 10.2. The molecule has 0 aliphatic rings. The van der Waals surface area contributed by atoms with Gasteiger partial charge in [0, 0.05) is 25.9 Å². The smallest absolute Gasteiger partial charge is 0.191 e. The molecule has 0 saturated heterocycles. The topological polar surface area (TPSA) is 36.4 Å². The third-order valence-electron chi connectivity index (χ3n) is 3.83. The Labute approximate surface area is 174 Å². The molecule has 1 atom stereocenters. The van der Waals surface area contributed by atoms with Crippen LogP contribution >= 0.6 is 47.1 Å². The van der Waals surface area contributed by atoms with Crippen LogP contribution < -0.4 is 10.6 Å². The van der Waals surface area contributed by atoms with E-state index in [4.69, 9.17) is 0 Å². The summed E-state index contributed by atoms with van der Waals surface area (Å²) >= 11 is 3.41. The lowest BCUT2D eigenvalue weighted by Crippen LogP contribution is -2.38. The van der Waals surface area contributed by atoms with Crippen molar-refractivity contribution in [1.82, 2.24) is 10.6 Å². The summed E-state index contributed by atoms with van der Waals surface area (Å²) in [6, 6.07) is 7.12. The second-order valence-corrected chi connectivity index (χ2v) is 7.26. The molecular weight excluding hydrogens is 468 g/mol. The van der Waals surface area contributed by atoms with Gasteiger partial charge in [-0.3, -0.25) is 4.99 Å². The Hall–Kier alpha value is -0.800. The van der Waals surface area contributed by atoms with E-state index in [2.05, 4.69) is 39.4 Å². The fourth-order valence-electron chi connectivity index (χ4n) is 2.38. The Balaban J connectivity index is 0.00000312. The molecule has 0 aliphatic heterocycles. The number of nitrogens with one attached hydrogen (secondary N) is 2. The zero-order valence-electron chi connectivity index (χ0n) is 14.7. The van der Waals surface area contributed by atoms with Crippen LogP contribution in [0.15, 0.2) is 40.0 Å². The summed E-state index contributed by atoms with van der Waals surface area (Å²) < 4.78 is 13.4. The molecule has 0 fully saturated rings. The Bertz CT molecular complexity index is 662. The third kappa shape index (κ3) is 7.15. The predicted molar refractivity (Wildman–Crippen MR) is 120 cm³/mol. The highest BCUT2D eigenvalue weighted by Gasteiger charge is 2.08. The standard InChI is InChI=1S/C18H24FN3S2.HI/c1-13(15-6-7-24-12-15)9-21-18(20-2)22-10-14-4-5-17(19)8-16(14)11-23-3;/h4-8,12-13H,9-11H2,1-3H3,(H2,20,21,22);1H. The van der Waals surface area contributed by atoms with E-state index in [1.54, 1.807) is 36.2 Å². The largest absolute Gasteiger partial charge is 0.356 e. The van der Waals surface area contributed by atoms with Crippen molar-refractivity contribution in [1.29, 1.82) is 0 Å². The van der Waals surface area contributed by atoms with Crippen LogP contribution in [0.1, 0.15) is 29.5 Å². The Morgan fingerprint density at radius 1 is 1.28 bits per heavy atom. The number of hydrogen-bond donors (Lipinski definition) is 2. The minimum absolute atomic E-state index is 0. The average Bonchev–Trinajstić information content (AvgIpc) is 3.11. The van der Waals surface area contributed by atoms with Crippen molar-refractivity contribution < 1.29 is 4.39 Å². The van der Waals surface area contributed by atoms with E-state index in [0.29, 0.717) is 12.5 Å². The summed E-state index contributed by atoms with van der Waals surface area (Å²) in [5.74, 6) is 1.80. The van der Waals surface area contributed by atoms with Gasteiger partial charge >= 0.3 is 0 Å². The van der Waals surface area contributed by atoms with Crippen molar-refractivity contribution in [3.8, 4) is 0 Å². The Kier molecular flexibility index (Phi) is 10.4. The van der Waals surface area contributed by atoms with Crippen molar-refractivity contribution in [3.05, 3.63) is 57.5 Å². The molecule has 7 heteroatoms. The number of thioether (sulfide) groups is 1. The molecule has 2 rings (SSSR count). The molecule has 25 heavy (non-hydrogen) atoms. The number of halogens is 2. The maximum Gasteiger partial charge on any atom is 0.191 e. The van der Waals surface area contributed by atoms with Crippen molar-refractivity contribution in [2.75, 3.05) is 19.8 Å². The second kappa shape index (κ2) is 11.7. The fourth-order valence-corrected chi connectivity index (χ4v) is 3.74. The van der Waals surface area contributed by atoms with Crippen LogP contribution in [0.3, 0.4) is 0 Å². The summed E-state index contributed by atoms with van der Waals surface area (Å²) in [4.78, 5) is 4.27. The molecule has 0 amide bonds. The lowest BCUT2D eigenvalue weighted by molar-refractivity contribution is 0.625. The minimum atomic E-state index is -0.185. The summed E-state index contributed by atoms with van der Waals surface area (Å²) in [5, 5.41) is 10.9. The first-order valence-electron chi connectivity index (χ1n) is 7.87. The Morgan fingerprint density at radius 2 is 2.08 bits per heavy atom. The summed E-state index contributed by atoms with van der Waals surface area (Å²) in [6.07, 6.45) is 2.02. The van der Waals surface area contributed by atoms with Gasteiger partial charge in [0.1, 0.15) is 5.82 Å². The molecule has 0 spiro atoms. The molecular formula is C18H25FIN3S2. The third-order valence-corrected chi connectivity index (χ3v) is 5.13. The molecule has 138 valence electrons. The van der Waals surface area contributed by atoms with Crippen LogP contribution in [0.5, 0.6) is 0 Å². The highest BCUT2D eigenvalue weighted by Crippen LogP contribution is 2.18. The molecule has 1 aromatic heterocycles. The van der Waals surface area contributed by atoms with Crippen LogP contribution in [0, 0.1) is 5.82 Å². The highest BCUT2D eigenvalue weighted by molar-refractivity contribution is 14.0. The minimum Gasteiger partial charge on any atom is -0.356 e. The number of aliphatic imine (C=N–C) groups is 1. The SMILES string of the molecule is CN=C(NCc1ccc(F)cc1CSC)NCC(C)c1ccsc1.I. The number of rotatable bonds is 7. The van der Waals surface area contributed by atoms with Crippen LogP contribution in [0.4, 0.5) is 4.39 Å². The van der Waals surface area contributed by atoms with Gasteiger partial charge in [-0.15, -0.1) is 24.0 Å². The van der Waals surface area contributed by atoms with Gasteiger partial charge in [-0.2, -0.15) is 23.1 Å². The molecule has 1 heterocycles. The van der Waals surface area contributed by atoms with E-state index in [9.17, 15) is 4.39 Å². The Morgan fingerprint density at radius 3 is 2.72 bits per heavy atom. The molecule has 2 N–H and O–H groups in total. The molecule has 0 radical (unpaired) electrons. The highest BCUT2D eigenvalue weighted by atomic mass is 127. The molecule has 2 aromatic rings. The van der Waals surface area contributed by atoms with Gasteiger partial charge in [-0.1, -0.05) is 13.0 Å². The van der Waals surface area contributed by atoms with Crippen LogP contribution in [-0.4, -0.2) is 25.8 Å². The summed E-state index contributed by atoms with van der Waals surface area (Å²) in [7, 11) is 1.76. The lowest BCUT2D eigenvalue weighted by atomic mass is 10.1. The molecule has 1 unspecified atom stereocenters. The normalized spacial score (nSPS) is 12.4. The maximum absolute atomic E-state index is 13.4. The van der Waals surface area contributed by atoms with E-state index in [0.717, 1.165) is 29.4 Å². The van der Waals surface area contributed by atoms with E-state index in [-0.39, 0.29) is 29.8 Å². The molecule has 3 nitrogen and oxygen atoms in total. The molecule has 1 aromatic carbocycles. The van der Waals surface area contributed by atoms with Crippen LogP contribution in [0.2, 0.25) is 0 Å². The van der Waals surface area contributed by atoms with Gasteiger partial charge in [-0.05, 0) is 57.8 Å². The van der Waals surface area contributed by atoms with Crippen LogP contribution in [0.25, 0.3) is 0 Å². The number of nitrogens with zero attached hydrogens (tertiary/aromatic N) is 1. The molecule has 0 saturated carbocycles. The maximum atomic E-state index is 13.4. The first kappa shape index (κ1) is 22.2. The summed E-state index contributed by atoms with van der Waals surface area (Å²) in [5.41, 5.74) is 3.46. The zero-order chi connectivity index (χ0) is 17.4. The number of guanidine groups is 1. The first-order chi connectivity index (χ1) is 11.6. The zero-order valence-corrected chi connectivity index (χ0v) is 18.7. The van der Waals surface area contributed by atoms with Crippen molar-refractivity contribution in [2.45, 2.75) is 25.1 Å². The van der Waals surface area contributed by atoms with Crippen molar-refractivity contribution >= 4 is 53.0 Å². The monoisotopic (exact) mass is 493 g/mol. The van der Waals surface area contributed by atoms with Gasteiger partial charge in [0.05, 0.1) is 0 Å². The predicted octanol–water partition coefficient (Wildman–Crippen LogP) is 4.84. The number of benzene rings is 1. The van der Waals surface area contributed by atoms with E-state index >= 15 is 0 Å². The summed E-state index contributed by atoms with van der Waals surface area (Å²) in [6.45, 7) is 3.64. The van der Waals surface area contributed by atoms with Gasteiger partial charge in [-0.25, -0.2) is 4.39 Å². The average molecular weight is 493 g/mol. The van der Waals surface area contributed by atoms with E-state index < -0.39 is 0 Å². The van der Waals surface area contributed by atoms with Crippen molar-refractivity contribution in [3.63, 3.8) is 0 Å². The number of thiophene rings is 1. The molecule has 0 aliphatic carbocycles. The lowest BCUT2D eigenvalue weighted by Gasteiger charge is -2.16.